The summed E-state index contributed by atoms with van der Waals surface area (Å²) in [7, 11) is 0. The summed E-state index contributed by atoms with van der Waals surface area (Å²) in [5.74, 6) is 0.273. The monoisotopic (exact) mass is 559 g/mol. The zero-order valence-corrected chi connectivity index (χ0v) is 19.8. The van der Waals surface area contributed by atoms with Crippen LogP contribution in [0.2, 0.25) is 0 Å². The van der Waals surface area contributed by atoms with E-state index >= 15 is 0 Å². The van der Waals surface area contributed by atoms with Crippen molar-refractivity contribution in [3.8, 4) is 5.75 Å². The van der Waals surface area contributed by atoms with Gasteiger partial charge in [-0.2, -0.15) is 0 Å². The molecule has 172 valence electrons. The fourth-order valence-electron chi connectivity index (χ4n) is 2.98. The van der Waals surface area contributed by atoms with Gasteiger partial charge < -0.3 is 19.9 Å². The number of aromatic nitrogens is 2. The van der Waals surface area contributed by atoms with Gasteiger partial charge >= 0.3 is 6.36 Å². The largest absolute Gasteiger partial charge is 0.573 e. The number of benzene rings is 2. The third-order valence-corrected chi connectivity index (χ3v) is 4.32. The SMILES string of the molecule is CCNC(=NCc1cccc(Cn2ccnc2)c1)NCc1ccccc1OC(F)(F)F.I. The molecule has 0 amide bonds. The Kier molecular flexibility index (Phi) is 9.82. The quantitative estimate of drug-likeness (QED) is 0.239. The molecule has 0 saturated heterocycles. The lowest BCUT2D eigenvalue weighted by Gasteiger charge is -2.15. The standard InChI is InChI=1S/C22H24F3N5O.HI/c1-2-27-21(29-14-19-8-3-4-9-20(19)31-22(23,24)25)28-13-17-6-5-7-18(12-17)15-30-11-10-26-16-30;/h3-12,16H,2,13-15H2,1H3,(H2,27,28,29);1H. The second-order valence-corrected chi connectivity index (χ2v) is 6.76. The number of ether oxygens (including phenoxy) is 1. The van der Waals surface area contributed by atoms with Crippen LogP contribution in [0, 0.1) is 0 Å². The van der Waals surface area contributed by atoms with Crippen LogP contribution in [-0.2, 0) is 19.6 Å². The van der Waals surface area contributed by atoms with Crippen LogP contribution in [0.15, 0.2) is 72.2 Å². The number of hydrogen-bond acceptors (Lipinski definition) is 3. The number of imidazole rings is 1. The van der Waals surface area contributed by atoms with E-state index in [1.165, 1.54) is 12.1 Å². The van der Waals surface area contributed by atoms with E-state index in [1.54, 1.807) is 24.7 Å². The number of rotatable bonds is 8. The predicted octanol–water partition coefficient (Wildman–Crippen LogP) is 4.70. The van der Waals surface area contributed by atoms with Crippen LogP contribution in [0.3, 0.4) is 0 Å². The lowest BCUT2D eigenvalue weighted by atomic mass is 10.1. The minimum Gasteiger partial charge on any atom is -0.405 e. The normalized spacial score (nSPS) is 11.6. The molecule has 0 radical (unpaired) electrons. The van der Waals surface area contributed by atoms with Crippen molar-refractivity contribution in [3.05, 3.63) is 83.9 Å². The molecule has 0 unspecified atom stereocenters. The maximum Gasteiger partial charge on any atom is 0.573 e. The molecule has 32 heavy (non-hydrogen) atoms. The summed E-state index contributed by atoms with van der Waals surface area (Å²) in [4.78, 5) is 8.60. The Bertz CT molecular complexity index is 993. The van der Waals surface area contributed by atoms with Crippen LogP contribution in [0.4, 0.5) is 13.2 Å². The molecule has 2 N–H and O–H groups in total. The maximum atomic E-state index is 12.6. The Morgan fingerprint density at radius 3 is 2.59 bits per heavy atom. The first-order chi connectivity index (χ1) is 14.9. The fraction of sp³-hybridized carbons (Fsp3) is 0.273. The lowest BCUT2D eigenvalue weighted by molar-refractivity contribution is -0.274. The van der Waals surface area contributed by atoms with Crippen molar-refractivity contribution in [3.63, 3.8) is 0 Å². The smallest absolute Gasteiger partial charge is 0.405 e. The summed E-state index contributed by atoms with van der Waals surface area (Å²) < 4.78 is 43.9. The number of nitrogens with zero attached hydrogens (tertiary/aromatic N) is 3. The van der Waals surface area contributed by atoms with Crippen LogP contribution >= 0.6 is 24.0 Å². The van der Waals surface area contributed by atoms with E-state index in [9.17, 15) is 13.2 Å². The van der Waals surface area contributed by atoms with Crippen LogP contribution in [0.25, 0.3) is 0 Å². The zero-order chi connectivity index (χ0) is 22.1. The summed E-state index contributed by atoms with van der Waals surface area (Å²) >= 11 is 0. The molecule has 3 aromatic rings. The molecule has 3 rings (SSSR count). The minimum absolute atomic E-state index is 0. The molecular formula is C22H25F3IN5O. The van der Waals surface area contributed by atoms with E-state index in [-0.39, 0.29) is 36.3 Å². The fourth-order valence-corrected chi connectivity index (χ4v) is 2.98. The van der Waals surface area contributed by atoms with Gasteiger partial charge in [0.05, 0.1) is 12.9 Å². The first kappa shape index (κ1) is 25.5. The molecule has 6 nitrogen and oxygen atoms in total. The highest BCUT2D eigenvalue weighted by Gasteiger charge is 2.31. The minimum atomic E-state index is -4.74. The number of aliphatic imine (C=N–C) groups is 1. The van der Waals surface area contributed by atoms with E-state index in [4.69, 9.17) is 0 Å². The van der Waals surface area contributed by atoms with E-state index < -0.39 is 6.36 Å². The summed E-state index contributed by atoms with van der Waals surface area (Å²) in [6, 6.07) is 14.1. The van der Waals surface area contributed by atoms with Gasteiger partial charge in [-0.05, 0) is 24.1 Å². The molecule has 1 aromatic heterocycles. The van der Waals surface area contributed by atoms with Crippen molar-refractivity contribution in [2.45, 2.75) is 32.9 Å². The molecule has 10 heteroatoms. The topological polar surface area (TPSA) is 63.5 Å². The van der Waals surface area contributed by atoms with E-state index in [0.29, 0.717) is 31.2 Å². The van der Waals surface area contributed by atoms with Crippen molar-refractivity contribution in [2.75, 3.05) is 6.54 Å². The predicted molar refractivity (Wildman–Crippen MR) is 128 cm³/mol. The molecule has 0 aliphatic rings. The van der Waals surface area contributed by atoms with Crippen LogP contribution in [-0.4, -0.2) is 28.4 Å². The third-order valence-electron chi connectivity index (χ3n) is 4.32. The summed E-state index contributed by atoms with van der Waals surface area (Å²) in [6.07, 6.45) is 0.660. The lowest BCUT2D eigenvalue weighted by Crippen LogP contribution is -2.37. The first-order valence-corrected chi connectivity index (χ1v) is 9.82. The summed E-state index contributed by atoms with van der Waals surface area (Å²) in [6.45, 7) is 3.81. The van der Waals surface area contributed by atoms with Crippen molar-refractivity contribution >= 4 is 29.9 Å². The van der Waals surface area contributed by atoms with Gasteiger partial charge in [-0.15, -0.1) is 37.1 Å². The molecule has 0 saturated carbocycles. The van der Waals surface area contributed by atoms with E-state index in [0.717, 1.165) is 11.1 Å². The Morgan fingerprint density at radius 1 is 1.09 bits per heavy atom. The molecular weight excluding hydrogens is 534 g/mol. The van der Waals surface area contributed by atoms with Gasteiger partial charge in [0.2, 0.25) is 0 Å². The zero-order valence-electron chi connectivity index (χ0n) is 17.5. The van der Waals surface area contributed by atoms with Crippen molar-refractivity contribution in [2.24, 2.45) is 4.99 Å². The van der Waals surface area contributed by atoms with Crippen LogP contribution < -0.4 is 15.4 Å². The number of guanidine groups is 1. The Morgan fingerprint density at radius 2 is 1.88 bits per heavy atom. The van der Waals surface area contributed by atoms with E-state index in [2.05, 4.69) is 31.4 Å². The second-order valence-electron chi connectivity index (χ2n) is 6.76. The Balaban J connectivity index is 0.00000363. The van der Waals surface area contributed by atoms with Gasteiger partial charge in [-0.1, -0.05) is 42.5 Å². The summed E-state index contributed by atoms with van der Waals surface area (Å²) in [5.41, 5.74) is 2.53. The number of para-hydroxylation sites is 1. The van der Waals surface area contributed by atoms with Crippen molar-refractivity contribution in [1.29, 1.82) is 0 Å². The number of nitrogens with one attached hydrogen (secondary N) is 2. The van der Waals surface area contributed by atoms with Gasteiger partial charge in [0.1, 0.15) is 5.75 Å². The molecule has 0 atom stereocenters. The van der Waals surface area contributed by atoms with Gasteiger partial charge in [-0.25, -0.2) is 9.98 Å². The first-order valence-electron chi connectivity index (χ1n) is 9.82. The molecule has 0 aliphatic heterocycles. The molecule has 0 spiro atoms. The molecule has 2 aromatic carbocycles. The molecule has 0 fully saturated rings. The molecule has 0 bridgehead atoms. The number of hydrogen-bond donors (Lipinski definition) is 2. The van der Waals surface area contributed by atoms with E-state index in [1.807, 2.05) is 35.9 Å². The highest BCUT2D eigenvalue weighted by molar-refractivity contribution is 14.0. The molecule has 0 aliphatic carbocycles. The molecule has 1 heterocycles. The number of halogens is 4. The summed E-state index contributed by atoms with van der Waals surface area (Å²) in [5, 5.41) is 6.17. The number of alkyl halides is 3. The van der Waals surface area contributed by atoms with Gasteiger partial charge in [-0.3, -0.25) is 0 Å². The van der Waals surface area contributed by atoms with Gasteiger partial charge in [0.25, 0.3) is 0 Å². The Labute approximate surface area is 201 Å². The Hall–Kier alpha value is -2.76. The van der Waals surface area contributed by atoms with Crippen LogP contribution in [0.5, 0.6) is 5.75 Å². The second kappa shape index (κ2) is 12.3. The van der Waals surface area contributed by atoms with Gasteiger partial charge in [0, 0.05) is 37.6 Å². The van der Waals surface area contributed by atoms with Crippen molar-refractivity contribution in [1.82, 2.24) is 20.2 Å². The van der Waals surface area contributed by atoms with Gasteiger partial charge in [0.15, 0.2) is 5.96 Å². The highest BCUT2D eigenvalue weighted by atomic mass is 127. The average Bonchev–Trinajstić information content (AvgIpc) is 3.23. The highest BCUT2D eigenvalue weighted by Crippen LogP contribution is 2.26. The maximum absolute atomic E-state index is 12.6. The average molecular weight is 559 g/mol. The van der Waals surface area contributed by atoms with Crippen molar-refractivity contribution < 1.29 is 17.9 Å². The van der Waals surface area contributed by atoms with Crippen LogP contribution in [0.1, 0.15) is 23.6 Å². The third kappa shape index (κ3) is 8.40.